The number of hydrogen-bond donors (Lipinski definition) is 1. The van der Waals surface area contributed by atoms with Gasteiger partial charge in [-0.2, -0.15) is 0 Å². The number of nitrogens with zero attached hydrogens (tertiary/aromatic N) is 1. The van der Waals surface area contributed by atoms with Gasteiger partial charge in [0, 0.05) is 10.5 Å². The van der Waals surface area contributed by atoms with Crippen LogP contribution in [0.3, 0.4) is 0 Å². The molecule has 0 saturated carbocycles. The van der Waals surface area contributed by atoms with E-state index in [1.54, 1.807) is 19.1 Å². The molecular weight excluding hydrogens is 368 g/mol. The van der Waals surface area contributed by atoms with Gasteiger partial charge in [0.05, 0.1) is 12.8 Å². The number of nitrogens with one attached hydrogen (secondary N) is 1. The molecule has 7 heteroatoms. The van der Waals surface area contributed by atoms with Crippen LogP contribution in [0, 0.1) is 0 Å². The number of benzene rings is 1. The highest BCUT2D eigenvalue weighted by Gasteiger charge is 2.50. The summed E-state index contributed by atoms with van der Waals surface area (Å²) in [7, 11) is 1.51. The highest BCUT2D eigenvalue weighted by atomic mass is 79.9. The largest absolute Gasteiger partial charge is 0.468 e. The van der Waals surface area contributed by atoms with E-state index in [0.29, 0.717) is 22.5 Å². The minimum atomic E-state index is -1.07. The number of carbonyl (C=O) groups is 1. The second kappa shape index (κ2) is 5.40. The van der Waals surface area contributed by atoms with Crippen molar-refractivity contribution in [3.63, 3.8) is 0 Å². The number of ether oxygens (including phenoxy) is 1. The van der Waals surface area contributed by atoms with E-state index in [1.165, 1.54) is 12.0 Å². The number of halogens is 1. The number of anilines is 1. The van der Waals surface area contributed by atoms with Crippen molar-refractivity contribution in [2.45, 2.75) is 12.5 Å². The minimum Gasteiger partial charge on any atom is -0.468 e. The minimum absolute atomic E-state index is 0.207. The van der Waals surface area contributed by atoms with E-state index in [4.69, 9.17) is 21.4 Å². The van der Waals surface area contributed by atoms with Crippen molar-refractivity contribution in [2.24, 2.45) is 0 Å². The topological polar surface area (TPSA) is 54.7 Å². The van der Waals surface area contributed by atoms with Crippen LogP contribution in [0.2, 0.25) is 0 Å². The Bertz CT molecular complexity index is 761. The van der Waals surface area contributed by atoms with E-state index in [1.807, 2.05) is 24.3 Å². The van der Waals surface area contributed by atoms with Crippen LogP contribution in [0.5, 0.6) is 5.95 Å². The van der Waals surface area contributed by atoms with E-state index in [9.17, 15) is 4.79 Å². The number of amides is 1. The Labute approximate surface area is 141 Å². The van der Waals surface area contributed by atoms with Gasteiger partial charge in [-0.1, -0.05) is 12.1 Å². The molecule has 1 N–H and O–H groups in total. The molecule has 0 aliphatic carbocycles. The van der Waals surface area contributed by atoms with Crippen molar-refractivity contribution in [1.82, 2.24) is 5.32 Å². The molecule has 0 radical (unpaired) electrons. The average Bonchev–Trinajstić information content (AvgIpc) is 3.06. The van der Waals surface area contributed by atoms with Crippen molar-refractivity contribution in [3.8, 4) is 5.95 Å². The van der Waals surface area contributed by atoms with Crippen LogP contribution in [0.25, 0.3) is 0 Å². The summed E-state index contributed by atoms with van der Waals surface area (Å²) in [6.07, 6.45) is 0. The number of thiocarbonyl (C=S) groups is 1. The predicted octanol–water partition coefficient (Wildman–Crippen LogP) is 3.19. The Hall–Kier alpha value is -1.86. The lowest BCUT2D eigenvalue weighted by Gasteiger charge is -2.20. The fraction of sp³-hybridized carbons (Fsp3) is 0.200. The predicted molar refractivity (Wildman–Crippen MR) is 90.0 cm³/mol. The molecule has 5 nitrogen and oxygen atoms in total. The Morgan fingerprint density at radius 3 is 2.68 bits per heavy atom. The molecule has 1 atom stereocenters. The van der Waals surface area contributed by atoms with Crippen molar-refractivity contribution < 1.29 is 13.9 Å². The summed E-state index contributed by atoms with van der Waals surface area (Å²) in [5, 5.41) is 3.38. The Morgan fingerprint density at radius 1 is 1.32 bits per heavy atom. The molecular formula is C15H13BrN2O3S. The number of para-hydroxylation sites is 1. The SMILES string of the molecule is COc1ccc([C@]2(C)NC(=S)N(c3ccccc3Br)C2=O)o1. The van der Waals surface area contributed by atoms with E-state index < -0.39 is 5.54 Å². The van der Waals surface area contributed by atoms with Gasteiger partial charge < -0.3 is 14.5 Å². The molecule has 1 saturated heterocycles. The molecule has 1 aromatic heterocycles. The van der Waals surface area contributed by atoms with E-state index in [2.05, 4.69) is 21.2 Å². The first-order chi connectivity index (χ1) is 10.5. The Balaban J connectivity index is 2.02. The lowest BCUT2D eigenvalue weighted by Crippen LogP contribution is -2.40. The van der Waals surface area contributed by atoms with Gasteiger partial charge in [-0.3, -0.25) is 9.69 Å². The molecule has 1 amide bonds. The van der Waals surface area contributed by atoms with Crippen LogP contribution in [0.15, 0.2) is 45.3 Å². The molecule has 2 aromatic rings. The maximum atomic E-state index is 12.9. The number of furan rings is 1. The summed E-state index contributed by atoms with van der Waals surface area (Å²) < 4.78 is 11.4. The van der Waals surface area contributed by atoms with Gasteiger partial charge >= 0.3 is 0 Å². The van der Waals surface area contributed by atoms with Crippen molar-refractivity contribution in [1.29, 1.82) is 0 Å². The van der Waals surface area contributed by atoms with Crippen LogP contribution in [-0.2, 0) is 10.3 Å². The monoisotopic (exact) mass is 380 g/mol. The number of rotatable bonds is 3. The fourth-order valence-electron chi connectivity index (χ4n) is 2.36. The zero-order chi connectivity index (χ0) is 15.9. The average molecular weight is 381 g/mol. The number of carbonyl (C=O) groups excluding carboxylic acids is 1. The first-order valence-electron chi connectivity index (χ1n) is 6.53. The molecule has 114 valence electrons. The molecule has 0 unspecified atom stereocenters. The maximum absolute atomic E-state index is 12.9. The lowest BCUT2D eigenvalue weighted by molar-refractivity contribution is -0.122. The van der Waals surface area contributed by atoms with Gasteiger partial charge in [0.1, 0.15) is 5.76 Å². The van der Waals surface area contributed by atoms with Crippen molar-refractivity contribution >= 4 is 44.9 Å². The third-order valence-corrected chi connectivity index (χ3v) is 4.51. The van der Waals surface area contributed by atoms with Gasteiger partial charge in [-0.25, -0.2) is 0 Å². The van der Waals surface area contributed by atoms with Crippen LogP contribution >= 0.6 is 28.1 Å². The van der Waals surface area contributed by atoms with Gasteiger partial charge in [0.2, 0.25) is 0 Å². The molecule has 0 spiro atoms. The van der Waals surface area contributed by atoms with Crippen LogP contribution in [-0.4, -0.2) is 18.1 Å². The normalized spacial score (nSPS) is 21.1. The first-order valence-corrected chi connectivity index (χ1v) is 7.73. The Kier molecular flexibility index (Phi) is 3.70. The zero-order valence-corrected chi connectivity index (χ0v) is 14.3. The fourth-order valence-corrected chi connectivity index (χ4v) is 3.20. The summed E-state index contributed by atoms with van der Waals surface area (Å²) in [4.78, 5) is 14.4. The number of hydrogen-bond acceptors (Lipinski definition) is 4. The second-order valence-corrected chi connectivity index (χ2v) is 6.21. The van der Waals surface area contributed by atoms with Gasteiger partial charge in [-0.15, -0.1) is 0 Å². The molecule has 1 aliphatic heterocycles. The van der Waals surface area contributed by atoms with Crippen LogP contribution in [0.4, 0.5) is 5.69 Å². The lowest BCUT2D eigenvalue weighted by atomic mass is 9.99. The molecule has 1 aliphatic rings. The zero-order valence-electron chi connectivity index (χ0n) is 11.9. The Morgan fingerprint density at radius 2 is 2.05 bits per heavy atom. The quantitative estimate of drug-likeness (QED) is 0.828. The third-order valence-electron chi connectivity index (χ3n) is 3.56. The third kappa shape index (κ3) is 2.21. The summed E-state index contributed by atoms with van der Waals surface area (Å²) in [6, 6.07) is 10.8. The van der Waals surface area contributed by atoms with Gasteiger partial charge in [0.15, 0.2) is 10.7 Å². The second-order valence-electron chi connectivity index (χ2n) is 4.97. The van der Waals surface area contributed by atoms with E-state index in [-0.39, 0.29) is 5.91 Å². The first kappa shape index (κ1) is 15.1. The van der Waals surface area contributed by atoms with Crippen LogP contribution < -0.4 is 15.0 Å². The summed E-state index contributed by atoms with van der Waals surface area (Å²) >= 11 is 8.79. The highest BCUT2D eigenvalue weighted by molar-refractivity contribution is 9.10. The van der Waals surface area contributed by atoms with Gasteiger partial charge in [0.25, 0.3) is 11.9 Å². The molecule has 1 aromatic carbocycles. The molecule has 22 heavy (non-hydrogen) atoms. The molecule has 1 fully saturated rings. The van der Waals surface area contributed by atoms with E-state index in [0.717, 1.165) is 4.47 Å². The molecule has 0 bridgehead atoms. The van der Waals surface area contributed by atoms with E-state index >= 15 is 0 Å². The van der Waals surface area contributed by atoms with Crippen molar-refractivity contribution in [3.05, 3.63) is 46.6 Å². The highest BCUT2D eigenvalue weighted by Crippen LogP contribution is 2.36. The molecule has 2 heterocycles. The summed E-state index contributed by atoms with van der Waals surface area (Å²) in [6.45, 7) is 1.73. The number of methoxy groups -OCH3 is 1. The smallest absolute Gasteiger partial charge is 0.284 e. The maximum Gasteiger partial charge on any atom is 0.284 e. The van der Waals surface area contributed by atoms with Crippen molar-refractivity contribution in [2.75, 3.05) is 12.0 Å². The van der Waals surface area contributed by atoms with Gasteiger partial charge in [-0.05, 0) is 53.3 Å². The summed E-state index contributed by atoms with van der Waals surface area (Å²) in [5.74, 6) is 0.587. The van der Waals surface area contributed by atoms with Crippen LogP contribution in [0.1, 0.15) is 12.7 Å². The summed E-state index contributed by atoms with van der Waals surface area (Å²) in [5.41, 5.74) is -0.379. The molecule has 3 rings (SSSR count). The standard InChI is InChI=1S/C15H13BrN2O3S/c1-15(11-7-8-12(20-2)21-11)13(19)18(14(22)17-15)10-6-4-3-5-9(10)16/h3-8H,1-2H3,(H,17,22)/t15-/m0/s1.